The zero-order chi connectivity index (χ0) is 18.4. The number of halogens is 2. The van der Waals surface area contributed by atoms with E-state index in [-0.39, 0.29) is 38.5 Å². The van der Waals surface area contributed by atoms with E-state index in [0.29, 0.717) is 4.88 Å². The zero-order valence-corrected chi connectivity index (χ0v) is 21.7. The second-order valence-electron chi connectivity index (χ2n) is 4.70. The van der Waals surface area contributed by atoms with E-state index in [1.165, 1.54) is 21.4 Å². The summed E-state index contributed by atoms with van der Waals surface area (Å²) < 4.78 is 9.71. The molecule has 0 bridgehead atoms. The fourth-order valence-corrected chi connectivity index (χ4v) is 4.83. The van der Waals surface area contributed by atoms with Crippen LogP contribution in [0.2, 0.25) is 0 Å². The molecule has 1 N–H and O–H groups in total. The van der Waals surface area contributed by atoms with Crippen molar-refractivity contribution in [3.8, 4) is 0 Å². The molecule has 2 radical (unpaired) electrons. The van der Waals surface area contributed by atoms with Crippen LogP contribution < -0.4 is 0 Å². The molecule has 26 heavy (non-hydrogen) atoms. The van der Waals surface area contributed by atoms with Gasteiger partial charge in [0.05, 0.1) is 0 Å². The van der Waals surface area contributed by atoms with Gasteiger partial charge in [0.2, 0.25) is 0 Å². The Labute approximate surface area is 204 Å². The first kappa shape index (κ1) is 23.9. The molecule has 4 aromatic rings. The van der Waals surface area contributed by atoms with Gasteiger partial charge in [0.25, 0.3) is 0 Å². The Morgan fingerprint density at radius 1 is 0.962 bits per heavy atom. The van der Waals surface area contributed by atoms with Gasteiger partial charge in [-0.25, -0.2) is 4.79 Å². The standard InChI is InChI=1S/C9H5BrO2S.C8H5BrS.CH4.BH.U/c10-6-2-1-5-3-8(9(11)12)13-7(5)4-6;9-7-2-1-6-3-4-10-8(6)5-7;;;/h1-4H,(H,11,12);1-5H;1H4;1H;/i;;;1D;. The summed E-state index contributed by atoms with van der Waals surface area (Å²) in [4.78, 5) is 11.0. The largest absolute Gasteiger partial charge is 0.477 e. The van der Waals surface area contributed by atoms with Crippen molar-refractivity contribution in [3.63, 3.8) is 0 Å². The molecule has 2 heterocycles. The van der Waals surface area contributed by atoms with Crippen LogP contribution in [0, 0.1) is 31.1 Å². The van der Waals surface area contributed by atoms with E-state index in [1.54, 1.807) is 17.4 Å². The van der Waals surface area contributed by atoms with Crippen molar-refractivity contribution in [1.29, 1.82) is 1.34 Å². The van der Waals surface area contributed by atoms with Crippen LogP contribution >= 0.6 is 54.5 Å². The monoisotopic (exact) mass is 735 g/mol. The Kier molecular flexibility index (Phi) is 10.8. The Bertz CT molecular complexity index is 1010. The average molecular weight is 737 g/mol. The second-order valence-corrected chi connectivity index (χ2v) is 8.56. The molecule has 0 atom stereocenters. The van der Waals surface area contributed by atoms with E-state index in [1.807, 2.05) is 18.2 Å². The van der Waals surface area contributed by atoms with Gasteiger partial charge in [0, 0.05) is 57.8 Å². The molecule has 0 saturated heterocycles. The third-order valence-corrected chi connectivity index (χ3v) is 6.06. The molecule has 2 nitrogen and oxygen atoms in total. The molecule has 0 amide bonds. The quantitative estimate of drug-likeness (QED) is 0.214. The van der Waals surface area contributed by atoms with Crippen LogP contribution in [-0.4, -0.2) is 20.8 Å². The summed E-state index contributed by atoms with van der Waals surface area (Å²) in [6, 6.07) is 15.9. The summed E-state index contributed by atoms with van der Waals surface area (Å²) in [7, 11) is 3.75. The third kappa shape index (κ3) is 6.51. The van der Waals surface area contributed by atoms with Crippen molar-refractivity contribution in [2.45, 2.75) is 7.43 Å². The first-order valence-corrected chi connectivity index (χ1v) is 9.86. The fourth-order valence-electron chi connectivity index (χ4n) is 2.04. The van der Waals surface area contributed by atoms with Gasteiger partial charge in [0.15, 0.2) is 0 Å². The van der Waals surface area contributed by atoms with Gasteiger partial charge in [-0.2, -0.15) is 0 Å². The minimum Gasteiger partial charge on any atom is -0.477 e. The summed E-state index contributed by atoms with van der Waals surface area (Å²) >= 11 is 9.82. The predicted molar refractivity (Wildman–Crippen MR) is 120 cm³/mol. The van der Waals surface area contributed by atoms with Gasteiger partial charge in [-0.3, -0.25) is 0 Å². The van der Waals surface area contributed by atoms with Gasteiger partial charge < -0.3 is 5.11 Å². The molecule has 0 spiro atoms. The van der Waals surface area contributed by atoms with Gasteiger partial charge in [-0.15, -0.1) is 22.7 Å². The molecule has 0 aliphatic carbocycles. The molecule has 4 rings (SSSR count). The van der Waals surface area contributed by atoms with Gasteiger partial charge >= 0.3 is 5.97 Å². The number of thiophene rings is 2. The minimum atomic E-state index is -0.864. The van der Waals surface area contributed by atoms with E-state index in [4.69, 9.17) is 6.44 Å². The Hall–Kier alpha value is -0.0931. The van der Waals surface area contributed by atoms with E-state index in [9.17, 15) is 4.79 Å². The number of hydrogen-bond acceptors (Lipinski definition) is 3. The molecule has 0 aliphatic heterocycles. The summed E-state index contributed by atoms with van der Waals surface area (Å²) in [6.45, 7) is 0. The molecule has 0 saturated carbocycles. The number of benzene rings is 2. The van der Waals surface area contributed by atoms with Gasteiger partial charge in [0.1, 0.15) is 4.88 Å². The van der Waals surface area contributed by atoms with Gasteiger partial charge in [-0.1, -0.05) is 51.4 Å². The zero-order valence-electron chi connectivity index (χ0n) is 13.7. The Morgan fingerprint density at radius 3 is 2.15 bits per heavy atom. The van der Waals surface area contributed by atoms with E-state index >= 15 is 0 Å². The Balaban J connectivity index is 0.000000439. The van der Waals surface area contributed by atoms with Crippen LogP contribution in [0.25, 0.3) is 20.2 Å². The van der Waals surface area contributed by atoms with Crippen LogP contribution in [-0.2, 0) is 0 Å². The van der Waals surface area contributed by atoms with E-state index in [2.05, 4.69) is 69.9 Å². The smallest absolute Gasteiger partial charge is 0.345 e. The van der Waals surface area contributed by atoms with Crippen molar-refractivity contribution in [2.75, 3.05) is 0 Å². The first-order valence-electron chi connectivity index (χ1n) is 7.16. The van der Waals surface area contributed by atoms with Crippen LogP contribution in [0.1, 0.15) is 17.1 Å². The number of aromatic carboxylic acids is 1. The molecular formula is C18H15BBr2O2S2U. The number of carboxylic acid groups (broad SMARTS) is 1. The van der Waals surface area contributed by atoms with E-state index < -0.39 is 5.97 Å². The van der Waals surface area contributed by atoms with E-state index in [0.717, 1.165) is 19.0 Å². The maximum atomic E-state index is 10.7. The third-order valence-electron chi connectivity index (χ3n) is 3.11. The molecule has 0 aliphatic rings. The minimum absolute atomic E-state index is 0. The van der Waals surface area contributed by atoms with Crippen LogP contribution in [0.4, 0.5) is 0 Å². The number of fused-ring (bicyclic) bond motifs is 2. The van der Waals surface area contributed by atoms with Crippen molar-refractivity contribution < 1.29 is 41.0 Å². The summed E-state index contributed by atoms with van der Waals surface area (Å²) in [5.74, 6) is -0.864. The summed E-state index contributed by atoms with van der Waals surface area (Å²) in [5.41, 5.74) is 0. The molecule has 2 aromatic carbocycles. The SMILES string of the molecule is Brc1ccc2ccsc2c1.C.O=C(O)c1cc2ccc(Br)cc2s1.[2H][B].[U]. The van der Waals surface area contributed by atoms with Crippen molar-refractivity contribution >= 4 is 89.1 Å². The Morgan fingerprint density at radius 2 is 1.54 bits per heavy atom. The topological polar surface area (TPSA) is 37.3 Å². The van der Waals surface area contributed by atoms with Crippen molar-refractivity contribution in [2.24, 2.45) is 0 Å². The molecule has 2 aromatic heterocycles. The molecule has 8 heteroatoms. The van der Waals surface area contributed by atoms with Crippen LogP contribution in [0.15, 0.2) is 62.9 Å². The number of carboxylic acids is 1. The maximum Gasteiger partial charge on any atom is 0.345 e. The average Bonchev–Trinajstić information content (AvgIpc) is 3.22. The molecular weight excluding hydrogens is 721 g/mol. The number of rotatable bonds is 1. The number of hydrogen-bond donors (Lipinski definition) is 1. The van der Waals surface area contributed by atoms with Crippen molar-refractivity contribution in [3.05, 3.63) is 67.7 Å². The fraction of sp³-hybridized carbons (Fsp3) is 0.0556. The summed E-state index contributed by atoms with van der Waals surface area (Å²) in [6.07, 6.45) is 0. The van der Waals surface area contributed by atoms with Crippen LogP contribution in [0.3, 0.4) is 0 Å². The normalized spacial score (nSPS) is 9.54. The molecule has 0 unspecified atom stereocenters. The summed E-state index contributed by atoms with van der Waals surface area (Å²) in [5, 5.41) is 13.2. The van der Waals surface area contributed by atoms with Crippen molar-refractivity contribution in [1.82, 2.24) is 0 Å². The maximum absolute atomic E-state index is 10.7. The molecule has 0 fully saturated rings. The predicted octanol–water partition coefficient (Wildman–Crippen LogP) is 7.01. The molecule has 132 valence electrons. The number of carbonyl (C=O) groups is 1. The first-order chi connectivity index (χ1) is 12.0. The van der Waals surface area contributed by atoms with Gasteiger partial charge in [-0.05, 0) is 53.9 Å². The second kappa shape index (κ2) is 11.7. The van der Waals surface area contributed by atoms with Crippen LogP contribution in [0.5, 0.6) is 0 Å².